The summed E-state index contributed by atoms with van der Waals surface area (Å²) in [7, 11) is 0. The van der Waals surface area contributed by atoms with Crippen molar-refractivity contribution in [3.8, 4) is 0 Å². The van der Waals surface area contributed by atoms with Crippen LogP contribution < -0.4 is 0 Å². The fourth-order valence-electron chi connectivity index (χ4n) is 0. The first-order valence-corrected chi connectivity index (χ1v) is 4.52. The van der Waals surface area contributed by atoms with E-state index in [1.165, 1.54) is 6.92 Å². The van der Waals surface area contributed by atoms with E-state index in [9.17, 15) is 5.25 Å². The molecule has 0 atom stereocenters. The molecule has 0 unspecified atom stereocenters. The average Bonchev–Trinajstić information content (AvgIpc) is 1.38. The maximum atomic E-state index is 10.9. The van der Waals surface area contributed by atoms with Crippen molar-refractivity contribution in [1.29, 1.82) is 0 Å². The van der Waals surface area contributed by atoms with Gasteiger partial charge in [0.05, 0.1) is 0 Å². The molecule has 0 aromatic rings. The van der Waals surface area contributed by atoms with Crippen LogP contribution in [0.1, 0.15) is 6.92 Å². The van der Waals surface area contributed by atoms with Crippen molar-refractivity contribution in [2.75, 3.05) is 0 Å². The Morgan fingerprint density at radius 1 is 1.60 bits per heavy atom. The fourth-order valence-corrected chi connectivity index (χ4v) is 0. The molecule has 3 heteroatoms. The standard InChI is InChI=1S/C2H4.2FH.Zr/c1-2;;;/h1H,2H3;2*1H;/q;;;+2/p-2. The minimum absolute atomic E-state index is 1.03. The van der Waals surface area contributed by atoms with Crippen LogP contribution in [0, 0.1) is 0 Å². The topological polar surface area (TPSA) is 0 Å². The van der Waals surface area contributed by atoms with Crippen LogP contribution in [-0.4, -0.2) is 3.71 Å². The molecule has 0 radical (unpaired) electrons. The normalized spacial score (nSPS) is 7.00. The third-order valence-corrected chi connectivity index (χ3v) is 1.29. The molecular formula is C2H4F2Zr. The number of rotatable bonds is 0. The Morgan fingerprint density at radius 3 is 1.80 bits per heavy atom. The molecule has 0 aromatic carbocycles. The van der Waals surface area contributed by atoms with Gasteiger partial charge in [-0.1, -0.05) is 0 Å². The van der Waals surface area contributed by atoms with E-state index in [2.05, 4.69) is 0 Å². The molecule has 0 spiro atoms. The van der Waals surface area contributed by atoms with Gasteiger partial charge in [0.15, 0.2) is 0 Å². The van der Waals surface area contributed by atoms with Crippen molar-refractivity contribution >= 4 is 3.71 Å². The summed E-state index contributed by atoms with van der Waals surface area (Å²) < 4.78 is 22.8. The van der Waals surface area contributed by atoms with Crippen LogP contribution in [0.2, 0.25) is 0 Å². The molecule has 0 aliphatic carbocycles. The van der Waals surface area contributed by atoms with Crippen LogP contribution in [-0.2, 0) is 22.5 Å². The van der Waals surface area contributed by atoms with Crippen molar-refractivity contribution in [1.82, 2.24) is 0 Å². The van der Waals surface area contributed by atoms with Gasteiger partial charge in [0.25, 0.3) is 0 Å². The molecule has 0 amide bonds. The van der Waals surface area contributed by atoms with E-state index < -0.39 is 22.5 Å². The second-order valence-electron chi connectivity index (χ2n) is 0.578. The Morgan fingerprint density at radius 2 is 1.80 bits per heavy atom. The van der Waals surface area contributed by atoms with E-state index >= 15 is 0 Å². The van der Waals surface area contributed by atoms with Crippen molar-refractivity contribution < 1.29 is 27.7 Å². The van der Waals surface area contributed by atoms with Crippen LogP contribution >= 0.6 is 0 Å². The second kappa shape index (κ2) is 2.83. The van der Waals surface area contributed by atoms with Crippen molar-refractivity contribution in [3.63, 3.8) is 0 Å². The van der Waals surface area contributed by atoms with Crippen molar-refractivity contribution in [3.05, 3.63) is 0 Å². The molecule has 0 saturated carbocycles. The molecule has 30 valence electrons. The summed E-state index contributed by atoms with van der Waals surface area (Å²) in [6.07, 6.45) is 0. The molecule has 5 heavy (non-hydrogen) atoms. The third kappa shape index (κ3) is 4.61. The Labute approximate surface area is 38.7 Å². The van der Waals surface area contributed by atoms with E-state index in [1.807, 2.05) is 0 Å². The molecule has 0 aliphatic heterocycles. The molecule has 0 saturated heterocycles. The van der Waals surface area contributed by atoms with Crippen LogP contribution in [0.15, 0.2) is 0 Å². The Hall–Kier alpha value is 0.613. The summed E-state index contributed by atoms with van der Waals surface area (Å²) in [5.74, 6) is 0. The van der Waals surface area contributed by atoms with Gasteiger partial charge < -0.3 is 0 Å². The van der Waals surface area contributed by atoms with Crippen molar-refractivity contribution in [2.24, 2.45) is 0 Å². The summed E-state index contributed by atoms with van der Waals surface area (Å²) >= 11 is -3.70. The molecule has 0 fully saturated rings. The Bertz CT molecular complexity index is 45.6. The molecule has 0 heterocycles. The first-order valence-electron chi connectivity index (χ1n) is 1.24. The molecule has 0 aromatic heterocycles. The third-order valence-electron chi connectivity index (χ3n) is 0.218. The van der Waals surface area contributed by atoms with Gasteiger partial charge in [-0.25, -0.2) is 0 Å². The average molecular weight is 157 g/mol. The summed E-state index contributed by atoms with van der Waals surface area (Å²) in [5, 5.41) is 0. The fraction of sp³-hybridized carbons (Fsp3) is 0.500. The Balaban J connectivity index is 3.14. The first kappa shape index (κ1) is 5.61. The zero-order valence-electron chi connectivity index (χ0n) is 2.83. The summed E-state index contributed by atoms with van der Waals surface area (Å²) in [5.41, 5.74) is 0. The molecule has 0 aliphatic rings. The van der Waals surface area contributed by atoms with Gasteiger partial charge in [0.2, 0.25) is 0 Å². The summed E-state index contributed by atoms with van der Waals surface area (Å²) in [4.78, 5) is 0. The minimum atomic E-state index is -3.70. The van der Waals surface area contributed by atoms with Gasteiger partial charge in [-0.15, -0.1) is 0 Å². The summed E-state index contributed by atoms with van der Waals surface area (Å²) in [6, 6.07) is 0. The van der Waals surface area contributed by atoms with Gasteiger partial charge in [-0.3, -0.25) is 0 Å². The molecule has 0 N–H and O–H groups in total. The van der Waals surface area contributed by atoms with Gasteiger partial charge >= 0.3 is 38.4 Å². The molecule has 0 rings (SSSR count). The summed E-state index contributed by atoms with van der Waals surface area (Å²) in [6.45, 7) is 1.41. The Kier molecular flexibility index (Phi) is 3.18. The molecule has 0 nitrogen and oxygen atoms in total. The first-order chi connectivity index (χ1) is 2.27. The predicted molar refractivity (Wildman–Crippen MR) is 14.0 cm³/mol. The van der Waals surface area contributed by atoms with E-state index in [0.29, 0.717) is 0 Å². The van der Waals surface area contributed by atoms with E-state index in [4.69, 9.17) is 0 Å². The molecule has 0 bridgehead atoms. The van der Waals surface area contributed by atoms with Crippen LogP contribution in [0.5, 0.6) is 0 Å². The van der Waals surface area contributed by atoms with E-state index in [-0.39, 0.29) is 0 Å². The zero-order valence-corrected chi connectivity index (χ0v) is 5.29. The predicted octanol–water partition coefficient (Wildman–Crippen LogP) is 1.20. The van der Waals surface area contributed by atoms with Gasteiger partial charge in [0, 0.05) is 0 Å². The monoisotopic (exact) mass is 156 g/mol. The van der Waals surface area contributed by atoms with Gasteiger partial charge in [-0.2, -0.15) is 0 Å². The number of hydrogen-bond acceptors (Lipinski definition) is 0. The van der Waals surface area contributed by atoms with E-state index in [1.54, 1.807) is 0 Å². The van der Waals surface area contributed by atoms with Crippen molar-refractivity contribution in [2.45, 2.75) is 6.92 Å². The van der Waals surface area contributed by atoms with Gasteiger partial charge in [0.1, 0.15) is 0 Å². The van der Waals surface area contributed by atoms with E-state index in [0.717, 1.165) is 3.71 Å². The maximum absolute atomic E-state index is 10.9. The number of halogens is 2. The van der Waals surface area contributed by atoms with Crippen LogP contribution in [0.25, 0.3) is 0 Å². The van der Waals surface area contributed by atoms with Crippen LogP contribution in [0.3, 0.4) is 0 Å². The van der Waals surface area contributed by atoms with Crippen LogP contribution in [0.4, 0.5) is 5.25 Å². The molecular weight excluding hydrogens is 153 g/mol. The quantitative estimate of drug-likeness (QED) is 0.495. The number of hydrogen-bond donors (Lipinski definition) is 0. The van der Waals surface area contributed by atoms with Gasteiger partial charge in [-0.05, 0) is 0 Å². The second-order valence-corrected chi connectivity index (χ2v) is 3.42. The SMILES string of the molecule is C[CH]=[Zr]([F])[F]. The zero-order chi connectivity index (χ0) is 4.28.